The highest BCUT2D eigenvalue weighted by atomic mass is 35.7. The van der Waals surface area contributed by atoms with E-state index in [0.717, 1.165) is 0 Å². The van der Waals surface area contributed by atoms with E-state index in [-0.39, 0.29) is 5.75 Å². The molecule has 0 aliphatic carbocycles. The fourth-order valence-corrected chi connectivity index (χ4v) is 1.28. The fourth-order valence-electron chi connectivity index (χ4n) is 0.593. The van der Waals surface area contributed by atoms with Crippen molar-refractivity contribution in [2.75, 3.05) is 5.75 Å². The van der Waals surface area contributed by atoms with Crippen molar-refractivity contribution in [1.82, 2.24) is 5.16 Å². The first-order valence-corrected chi connectivity index (χ1v) is 5.37. The van der Waals surface area contributed by atoms with Crippen molar-refractivity contribution in [1.29, 1.82) is 0 Å². The van der Waals surface area contributed by atoms with Gasteiger partial charge in [0.05, 0.1) is 11.4 Å². The zero-order valence-electron chi connectivity index (χ0n) is 5.53. The highest BCUT2D eigenvalue weighted by Gasteiger charge is 2.06. The van der Waals surface area contributed by atoms with Gasteiger partial charge in [-0.3, -0.25) is 0 Å². The van der Waals surface area contributed by atoms with Crippen molar-refractivity contribution in [2.45, 2.75) is 6.42 Å². The van der Waals surface area contributed by atoms with Gasteiger partial charge < -0.3 is 4.52 Å². The van der Waals surface area contributed by atoms with Crippen molar-refractivity contribution in [2.24, 2.45) is 0 Å². The summed E-state index contributed by atoms with van der Waals surface area (Å²) in [6.45, 7) is 0. The van der Waals surface area contributed by atoms with Crippen LogP contribution < -0.4 is 0 Å². The molecule has 0 atom stereocenters. The highest BCUT2D eigenvalue weighted by Crippen LogP contribution is 2.02. The van der Waals surface area contributed by atoms with Gasteiger partial charge >= 0.3 is 0 Å². The molecule has 1 heterocycles. The second-order valence-electron chi connectivity index (χ2n) is 1.98. The summed E-state index contributed by atoms with van der Waals surface area (Å²) >= 11 is 0. The van der Waals surface area contributed by atoms with Gasteiger partial charge in [0.25, 0.3) is 0 Å². The number of nitrogens with zero attached hydrogens (tertiary/aromatic N) is 1. The molecule has 0 radical (unpaired) electrons. The topological polar surface area (TPSA) is 60.2 Å². The van der Waals surface area contributed by atoms with E-state index in [1.807, 2.05) is 0 Å². The van der Waals surface area contributed by atoms with Gasteiger partial charge in [-0.15, -0.1) is 0 Å². The molecule has 0 amide bonds. The Kier molecular flexibility index (Phi) is 2.51. The number of halogens is 1. The Morgan fingerprint density at radius 3 is 2.82 bits per heavy atom. The largest absolute Gasteiger partial charge is 0.365 e. The van der Waals surface area contributed by atoms with Gasteiger partial charge in [0.1, 0.15) is 6.26 Å². The van der Waals surface area contributed by atoms with Crippen LogP contribution in [0.4, 0.5) is 0 Å². The molecular weight excluding hydrogens is 190 g/mol. The van der Waals surface area contributed by atoms with Gasteiger partial charge in [-0.2, -0.15) is 0 Å². The zero-order chi connectivity index (χ0) is 8.32. The summed E-state index contributed by atoms with van der Waals surface area (Å²) in [5.41, 5.74) is 0.592. The number of hydrogen-bond donors (Lipinski definition) is 0. The Hall–Kier alpha value is -0.550. The van der Waals surface area contributed by atoms with E-state index in [4.69, 9.17) is 10.7 Å². The lowest BCUT2D eigenvalue weighted by Gasteiger charge is -1.89. The third-order valence-corrected chi connectivity index (χ3v) is 2.25. The van der Waals surface area contributed by atoms with Gasteiger partial charge in [-0.05, 0) is 0 Å². The van der Waals surface area contributed by atoms with Crippen LogP contribution in [0.5, 0.6) is 0 Å². The molecule has 6 heteroatoms. The van der Waals surface area contributed by atoms with Crippen LogP contribution in [-0.2, 0) is 15.5 Å². The second kappa shape index (κ2) is 3.23. The molecule has 1 aromatic rings. The molecule has 1 aromatic heterocycles. The Balaban J connectivity index is 2.48. The Labute approximate surface area is 68.6 Å². The molecule has 62 valence electrons. The first-order chi connectivity index (χ1) is 5.08. The lowest BCUT2D eigenvalue weighted by atomic mass is 10.3. The molecule has 0 aliphatic rings. The van der Waals surface area contributed by atoms with Crippen LogP contribution >= 0.6 is 10.7 Å². The van der Waals surface area contributed by atoms with E-state index >= 15 is 0 Å². The third kappa shape index (κ3) is 3.38. The lowest BCUT2D eigenvalue weighted by Crippen LogP contribution is -2.00. The van der Waals surface area contributed by atoms with Crippen LogP contribution in [0.3, 0.4) is 0 Å². The van der Waals surface area contributed by atoms with Crippen LogP contribution in [0.25, 0.3) is 0 Å². The predicted octanol–water partition coefficient (Wildman–Crippen LogP) is 0.786. The molecule has 0 aliphatic heterocycles. The van der Waals surface area contributed by atoms with Crippen LogP contribution in [-0.4, -0.2) is 19.3 Å². The summed E-state index contributed by atoms with van der Waals surface area (Å²) in [5, 5.41) is 3.52. The lowest BCUT2D eigenvalue weighted by molar-refractivity contribution is 0.412. The monoisotopic (exact) mass is 195 g/mol. The molecule has 4 nitrogen and oxygen atoms in total. The minimum atomic E-state index is -3.41. The fraction of sp³-hybridized carbons (Fsp3) is 0.400. The van der Waals surface area contributed by atoms with E-state index in [1.54, 1.807) is 6.07 Å². The highest BCUT2D eigenvalue weighted by molar-refractivity contribution is 8.13. The summed E-state index contributed by atoms with van der Waals surface area (Å²) in [6.07, 6.45) is 1.68. The summed E-state index contributed by atoms with van der Waals surface area (Å²) < 4.78 is 25.4. The molecule has 0 unspecified atom stereocenters. The van der Waals surface area contributed by atoms with E-state index < -0.39 is 9.05 Å². The molecule has 0 spiro atoms. The number of rotatable bonds is 3. The second-order valence-corrected chi connectivity index (χ2v) is 4.88. The molecule has 0 saturated carbocycles. The van der Waals surface area contributed by atoms with E-state index in [2.05, 4.69) is 9.68 Å². The average molecular weight is 196 g/mol. The molecule has 0 bridgehead atoms. The predicted molar refractivity (Wildman–Crippen MR) is 39.8 cm³/mol. The van der Waals surface area contributed by atoms with Crippen molar-refractivity contribution >= 4 is 19.7 Å². The average Bonchev–Trinajstić information content (AvgIpc) is 2.32. The summed E-state index contributed by atoms with van der Waals surface area (Å²) in [6, 6.07) is 1.60. The quantitative estimate of drug-likeness (QED) is 0.669. The molecule has 11 heavy (non-hydrogen) atoms. The SMILES string of the molecule is O=S(=O)(Cl)CCc1ccon1. The van der Waals surface area contributed by atoms with Crippen LogP contribution in [0.2, 0.25) is 0 Å². The Bertz CT molecular complexity index is 304. The van der Waals surface area contributed by atoms with Crippen molar-refractivity contribution in [3.63, 3.8) is 0 Å². The molecular formula is C5H6ClNO3S. The van der Waals surface area contributed by atoms with Crippen molar-refractivity contribution in [3.05, 3.63) is 18.0 Å². The van der Waals surface area contributed by atoms with E-state index in [9.17, 15) is 8.42 Å². The molecule has 1 rings (SSSR count). The molecule has 0 N–H and O–H groups in total. The summed E-state index contributed by atoms with van der Waals surface area (Å²) in [5.74, 6) is -0.110. The summed E-state index contributed by atoms with van der Waals surface area (Å²) in [7, 11) is 1.55. The number of aromatic nitrogens is 1. The normalized spacial score (nSPS) is 11.7. The maximum Gasteiger partial charge on any atom is 0.232 e. The Morgan fingerprint density at radius 1 is 1.64 bits per heavy atom. The molecule has 0 saturated heterocycles. The van der Waals surface area contributed by atoms with Crippen LogP contribution in [0.15, 0.2) is 16.9 Å². The van der Waals surface area contributed by atoms with Crippen LogP contribution in [0.1, 0.15) is 5.69 Å². The van der Waals surface area contributed by atoms with E-state index in [1.165, 1.54) is 6.26 Å². The summed E-state index contributed by atoms with van der Waals surface area (Å²) in [4.78, 5) is 0. The zero-order valence-corrected chi connectivity index (χ0v) is 7.10. The van der Waals surface area contributed by atoms with Crippen molar-refractivity contribution in [3.8, 4) is 0 Å². The van der Waals surface area contributed by atoms with Gasteiger partial charge in [0, 0.05) is 23.2 Å². The van der Waals surface area contributed by atoms with Gasteiger partial charge in [0.15, 0.2) is 0 Å². The maximum atomic E-state index is 10.4. The first-order valence-electron chi connectivity index (χ1n) is 2.89. The standard InChI is InChI=1S/C5H6ClNO3S/c6-11(8,9)4-2-5-1-3-10-7-5/h1,3H,2,4H2. The van der Waals surface area contributed by atoms with E-state index in [0.29, 0.717) is 12.1 Å². The first kappa shape index (κ1) is 8.55. The minimum absolute atomic E-state index is 0.110. The van der Waals surface area contributed by atoms with Gasteiger partial charge in [-0.1, -0.05) is 5.16 Å². The smallest absolute Gasteiger partial charge is 0.232 e. The third-order valence-electron chi connectivity index (χ3n) is 1.09. The maximum absolute atomic E-state index is 10.4. The number of aryl methyl sites for hydroxylation is 1. The Morgan fingerprint density at radius 2 is 2.36 bits per heavy atom. The molecule has 0 aromatic carbocycles. The number of hydrogen-bond acceptors (Lipinski definition) is 4. The molecule has 0 fully saturated rings. The van der Waals surface area contributed by atoms with Crippen LogP contribution in [0, 0.1) is 0 Å². The minimum Gasteiger partial charge on any atom is -0.365 e. The van der Waals surface area contributed by atoms with Gasteiger partial charge in [0.2, 0.25) is 9.05 Å². The van der Waals surface area contributed by atoms with Crippen molar-refractivity contribution < 1.29 is 12.9 Å². The van der Waals surface area contributed by atoms with Gasteiger partial charge in [-0.25, -0.2) is 8.42 Å².